The number of nitrogens with zero attached hydrogens (tertiary/aromatic N) is 4. The molecule has 0 amide bonds. The molecule has 2 aromatic rings. The molecule has 0 fully saturated rings. The minimum atomic E-state index is 0.612. The summed E-state index contributed by atoms with van der Waals surface area (Å²) >= 11 is 0. The molecule has 0 aliphatic carbocycles. The third-order valence-electron chi connectivity index (χ3n) is 3.04. The lowest BCUT2D eigenvalue weighted by molar-refractivity contribution is 0.374. The molecule has 2 N–H and O–H groups in total. The summed E-state index contributed by atoms with van der Waals surface area (Å²) in [5.41, 5.74) is 1.93. The lowest BCUT2D eigenvalue weighted by atomic mass is 10.2. The van der Waals surface area contributed by atoms with Crippen molar-refractivity contribution in [1.29, 1.82) is 0 Å². The highest BCUT2D eigenvalue weighted by atomic mass is 16.5. The van der Waals surface area contributed by atoms with Gasteiger partial charge in [-0.3, -0.25) is 4.99 Å². The highest BCUT2D eigenvalue weighted by Gasteiger charge is 2.09. The third-order valence-corrected chi connectivity index (χ3v) is 3.04. The molecule has 0 atom stereocenters. The summed E-state index contributed by atoms with van der Waals surface area (Å²) in [6.45, 7) is 6.88. The molecule has 0 unspecified atom stereocenters. The maximum atomic E-state index is 5.12. The molecule has 21 heavy (non-hydrogen) atoms. The molecule has 0 aliphatic heterocycles. The average molecular weight is 292 g/mol. The summed E-state index contributed by atoms with van der Waals surface area (Å²) in [6.07, 6.45) is 0.646. The summed E-state index contributed by atoms with van der Waals surface area (Å²) in [5.74, 6) is 2.77. The first kappa shape index (κ1) is 15.0. The van der Waals surface area contributed by atoms with E-state index in [1.165, 1.54) is 0 Å². The second-order valence-electron chi connectivity index (χ2n) is 4.64. The van der Waals surface area contributed by atoms with Crippen LogP contribution < -0.4 is 10.6 Å². The van der Waals surface area contributed by atoms with Gasteiger partial charge in [0.05, 0.1) is 5.69 Å². The van der Waals surface area contributed by atoms with Crippen LogP contribution in [0.25, 0.3) is 0 Å². The molecule has 0 saturated heterocycles. The Hall–Kier alpha value is -2.38. The van der Waals surface area contributed by atoms with Crippen LogP contribution >= 0.6 is 0 Å². The van der Waals surface area contributed by atoms with E-state index < -0.39 is 0 Å². The van der Waals surface area contributed by atoms with Gasteiger partial charge in [0.2, 0.25) is 5.89 Å². The van der Waals surface area contributed by atoms with E-state index in [0.717, 1.165) is 17.0 Å². The topological polar surface area (TPSA) is 101 Å². The van der Waals surface area contributed by atoms with Crippen molar-refractivity contribution in [2.45, 2.75) is 33.7 Å². The van der Waals surface area contributed by atoms with Crippen LogP contribution in [0, 0.1) is 20.8 Å². The van der Waals surface area contributed by atoms with Gasteiger partial charge in [-0.05, 0) is 20.8 Å². The number of aliphatic imine (C=N–C) groups is 1. The Balaban J connectivity index is 1.78. The predicted octanol–water partition coefficient (Wildman–Crippen LogP) is 0.891. The quantitative estimate of drug-likeness (QED) is 0.623. The number of aryl methyl sites for hydroxylation is 3. The van der Waals surface area contributed by atoms with Crippen molar-refractivity contribution in [2.75, 3.05) is 13.6 Å². The molecule has 2 heterocycles. The predicted molar refractivity (Wildman–Crippen MR) is 76.9 cm³/mol. The summed E-state index contributed by atoms with van der Waals surface area (Å²) in [6, 6.07) is 0. The van der Waals surface area contributed by atoms with Gasteiger partial charge in [-0.2, -0.15) is 4.98 Å². The van der Waals surface area contributed by atoms with Gasteiger partial charge < -0.3 is 19.7 Å². The summed E-state index contributed by atoms with van der Waals surface area (Å²) in [4.78, 5) is 8.30. The standard InChI is InChI=1S/C13H20N6O2/c1-8-11(9(2)20-18-8)7-16-13(14-4)15-6-5-12-17-10(3)19-21-12/h5-7H2,1-4H3,(H2,14,15,16). The highest BCUT2D eigenvalue weighted by Crippen LogP contribution is 2.11. The van der Waals surface area contributed by atoms with E-state index in [1.54, 1.807) is 14.0 Å². The van der Waals surface area contributed by atoms with Gasteiger partial charge in [0.1, 0.15) is 5.76 Å². The monoisotopic (exact) mass is 292 g/mol. The minimum absolute atomic E-state index is 0.612. The molecule has 8 nitrogen and oxygen atoms in total. The molecule has 114 valence electrons. The second kappa shape index (κ2) is 6.87. The lowest BCUT2D eigenvalue weighted by Gasteiger charge is -2.10. The molecule has 0 aromatic carbocycles. The number of guanidine groups is 1. The van der Waals surface area contributed by atoms with Crippen LogP contribution in [0.4, 0.5) is 0 Å². The normalized spacial score (nSPS) is 11.7. The van der Waals surface area contributed by atoms with Crippen molar-refractivity contribution in [2.24, 2.45) is 4.99 Å². The van der Waals surface area contributed by atoms with Crippen molar-refractivity contribution in [3.8, 4) is 0 Å². The number of rotatable bonds is 5. The van der Waals surface area contributed by atoms with Crippen LogP contribution in [0.1, 0.15) is 28.7 Å². The fraction of sp³-hybridized carbons (Fsp3) is 0.538. The fourth-order valence-corrected chi connectivity index (χ4v) is 1.88. The SMILES string of the molecule is CN=C(NCCc1nc(C)no1)NCc1c(C)noc1C. The fourth-order valence-electron chi connectivity index (χ4n) is 1.88. The zero-order valence-corrected chi connectivity index (χ0v) is 12.7. The van der Waals surface area contributed by atoms with E-state index >= 15 is 0 Å². The molecule has 0 spiro atoms. The molecule has 0 radical (unpaired) electrons. The summed E-state index contributed by atoms with van der Waals surface area (Å²) in [7, 11) is 1.72. The number of aromatic nitrogens is 3. The van der Waals surface area contributed by atoms with Gasteiger partial charge in [-0.1, -0.05) is 10.3 Å². The number of hydrogen-bond acceptors (Lipinski definition) is 6. The van der Waals surface area contributed by atoms with Gasteiger partial charge in [-0.25, -0.2) is 0 Å². The number of hydrogen-bond donors (Lipinski definition) is 2. The van der Waals surface area contributed by atoms with Crippen molar-refractivity contribution in [1.82, 2.24) is 25.9 Å². The smallest absolute Gasteiger partial charge is 0.228 e. The van der Waals surface area contributed by atoms with E-state index in [1.807, 2.05) is 13.8 Å². The van der Waals surface area contributed by atoms with Gasteiger partial charge in [0.15, 0.2) is 11.8 Å². The Morgan fingerprint density at radius 2 is 1.95 bits per heavy atom. The van der Waals surface area contributed by atoms with Crippen molar-refractivity contribution in [3.05, 3.63) is 28.7 Å². The van der Waals surface area contributed by atoms with Crippen LogP contribution in [-0.2, 0) is 13.0 Å². The Bertz CT molecular complexity index is 596. The minimum Gasteiger partial charge on any atom is -0.361 e. The van der Waals surface area contributed by atoms with E-state index in [2.05, 4.69) is 30.9 Å². The van der Waals surface area contributed by atoms with E-state index in [4.69, 9.17) is 9.05 Å². The van der Waals surface area contributed by atoms with Crippen molar-refractivity contribution in [3.63, 3.8) is 0 Å². The van der Waals surface area contributed by atoms with Crippen LogP contribution in [0.15, 0.2) is 14.0 Å². The first-order chi connectivity index (χ1) is 10.1. The van der Waals surface area contributed by atoms with Gasteiger partial charge in [-0.15, -0.1) is 0 Å². The van der Waals surface area contributed by atoms with Gasteiger partial charge in [0, 0.05) is 32.1 Å². The van der Waals surface area contributed by atoms with Crippen molar-refractivity contribution >= 4 is 5.96 Å². The van der Waals surface area contributed by atoms with E-state index in [9.17, 15) is 0 Å². The first-order valence-electron chi connectivity index (χ1n) is 6.75. The number of nitrogens with one attached hydrogen (secondary N) is 2. The molecule has 2 aromatic heterocycles. The van der Waals surface area contributed by atoms with Gasteiger partial charge in [0.25, 0.3) is 0 Å². The Morgan fingerprint density at radius 1 is 1.14 bits per heavy atom. The molecule has 2 rings (SSSR count). The van der Waals surface area contributed by atoms with Crippen molar-refractivity contribution < 1.29 is 9.05 Å². The molecular formula is C13H20N6O2. The zero-order chi connectivity index (χ0) is 15.2. The largest absolute Gasteiger partial charge is 0.361 e. The first-order valence-corrected chi connectivity index (χ1v) is 6.75. The Morgan fingerprint density at radius 3 is 2.52 bits per heavy atom. The zero-order valence-electron chi connectivity index (χ0n) is 12.7. The molecule has 0 bridgehead atoms. The maximum absolute atomic E-state index is 5.12. The molecule has 8 heteroatoms. The summed E-state index contributed by atoms with van der Waals surface area (Å²) < 4.78 is 10.2. The van der Waals surface area contributed by atoms with Crippen LogP contribution in [-0.4, -0.2) is 34.8 Å². The van der Waals surface area contributed by atoms with Crippen LogP contribution in [0.5, 0.6) is 0 Å². The average Bonchev–Trinajstić information content (AvgIpc) is 3.01. The molecular weight excluding hydrogens is 272 g/mol. The summed E-state index contributed by atoms with van der Waals surface area (Å²) in [5, 5.41) is 14.1. The van der Waals surface area contributed by atoms with Gasteiger partial charge >= 0.3 is 0 Å². The molecule has 0 saturated carbocycles. The van der Waals surface area contributed by atoms with Crippen LogP contribution in [0.2, 0.25) is 0 Å². The Kier molecular flexibility index (Phi) is 4.91. The second-order valence-corrected chi connectivity index (χ2v) is 4.64. The highest BCUT2D eigenvalue weighted by molar-refractivity contribution is 5.79. The Labute approximate surface area is 123 Å². The van der Waals surface area contributed by atoms with E-state index in [-0.39, 0.29) is 0 Å². The van der Waals surface area contributed by atoms with Crippen LogP contribution in [0.3, 0.4) is 0 Å². The lowest BCUT2D eigenvalue weighted by Crippen LogP contribution is -2.38. The molecule has 0 aliphatic rings. The van der Waals surface area contributed by atoms with E-state index in [0.29, 0.717) is 37.2 Å². The third kappa shape index (κ3) is 4.04. The maximum Gasteiger partial charge on any atom is 0.228 e.